The third-order valence-corrected chi connectivity index (χ3v) is 7.41. The molecule has 3 aliphatic carbocycles. The van der Waals surface area contributed by atoms with Crippen LogP contribution in [0.25, 0.3) is 0 Å². The molecule has 0 spiro atoms. The predicted molar refractivity (Wildman–Crippen MR) is 105 cm³/mol. The van der Waals surface area contributed by atoms with Crippen LogP contribution in [0.1, 0.15) is 52.4 Å². The van der Waals surface area contributed by atoms with Crippen molar-refractivity contribution in [2.24, 2.45) is 23.7 Å². The second kappa shape index (κ2) is 7.11. The van der Waals surface area contributed by atoms with Gasteiger partial charge in [-0.05, 0) is 62.5 Å². The minimum atomic E-state index is -1.07. The molecule has 4 unspecified atom stereocenters. The maximum atomic E-state index is 11.7. The SMILES string of the molecule is CC#CC(C1=CC(O)(C2CCCC2)C(CC(=O)O)C=C1)N1C[C@@H]2C[C@@H]2C1C. The molecule has 4 heteroatoms. The van der Waals surface area contributed by atoms with Crippen LogP contribution < -0.4 is 0 Å². The second-order valence-corrected chi connectivity index (χ2v) is 8.97. The van der Waals surface area contributed by atoms with Crippen molar-refractivity contribution in [1.29, 1.82) is 0 Å². The summed E-state index contributed by atoms with van der Waals surface area (Å²) in [6, 6.07) is 0.513. The zero-order valence-electron chi connectivity index (χ0n) is 16.4. The molecule has 4 rings (SSSR count). The highest BCUT2D eigenvalue weighted by molar-refractivity contribution is 5.68. The Labute approximate surface area is 162 Å². The standard InChI is InChI=1S/C23H31NO3/c1-3-6-21(24-14-17-11-20(17)15(24)2)16-9-10-19(12-22(25)26)23(27,13-16)18-7-4-5-8-18/h9-10,13,15,17-21,27H,4-5,7-8,11-12,14H2,1-2H3,(H,25,26)/t15?,17-,19?,20+,21?,23?/m0/s1. The van der Waals surface area contributed by atoms with Crippen LogP contribution >= 0.6 is 0 Å². The van der Waals surface area contributed by atoms with E-state index in [1.807, 2.05) is 25.2 Å². The highest BCUT2D eigenvalue weighted by Gasteiger charge is 2.53. The summed E-state index contributed by atoms with van der Waals surface area (Å²) in [5, 5.41) is 21.0. The summed E-state index contributed by atoms with van der Waals surface area (Å²) >= 11 is 0. The monoisotopic (exact) mass is 369 g/mol. The fourth-order valence-corrected chi connectivity index (χ4v) is 5.79. The Kier molecular flexibility index (Phi) is 4.94. The van der Waals surface area contributed by atoms with Gasteiger partial charge in [0.15, 0.2) is 0 Å². The summed E-state index contributed by atoms with van der Waals surface area (Å²) in [5.41, 5.74) is -0.0213. The molecule has 3 fully saturated rings. The first kappa shape index (κ1) is 18.8. The van der Waals surface area contributed by atoms with E-state index in [2.05, 4.69) is 23.7 Å². The van der Waals surface area contributed by atoms with Crippen molar-refractivity contribution in [3.63, 3.8) is 0 Å². The molecule has 4 aliphatic rings. The lowest BCUT2D eigenvalue weighted by Crippen LogP contribution is -2.47. The van der Waals surface area contributed by atoms with Gasteiger partial charge in [0.05, 0.1) is 18.1 Å². The number of hydrogen-bond acceptors (Lipinski definition) is 3. The fourth-order valence-electron chi connectivity index (χ4n) is 5.79. The smallest absolute Gasteiger partial charge is 0.304 e. The van der Waals surface area contributed by atoms with Gasteiger partial charge in [0.25, 0.3) is 0 Å². The van der Waals surface area contributed by atoms with Gasteiger partial charge in [-0.3, -0.25) is 9.69 Å². The van der Waals surface area contributed by atoms with Crippen LogP contribution in [0.3, 0.4) is 0 Å². The molecule has 6 atom stereocenters. The molecule has 1 heterocycles. The molecular weight excluding hydrogens is 338 g/mol. The molecule has 27 heavy (non-hydrogen) atoms. The van der Waals surface area contributed by atoms with Crippen LogP contribution in [0.4, 0.5) is 0 Å². The largest absolute Gasteiger partial charge is 0.481 e. The number of carbonyl (C=O) groups is 1. The molecule has 2 saturated carbocycles. The molecular formula is C23H31NO3. The van der Waals surface area contributed by atoms with Crippen LogP contribution in [0, 0.1) is 35.5 Å². The summed E-state index contributed by atoms with van der Waals surface area (Å²) in [4.78, 5) is 13.9. The lowest BCUT2D eigenvalue weighted by atomic mass is 9.70. The summed E-state index contributed by atoms with van der Waals surface area (Å²) in [7, 11) is 0. The Balaban J connectivity index is 1.65. The predicted octanol–water partition coefficient (Wildman–Crippen LogP) is 3.23. The van der Waals surface area contributed by atoms with E-state index in [9.17, 15) is 15.0 Å². The lowest BCUT2D eigenvalue weighted by molar-refractivity contribution is -0.140. The molecule has 2 N–H and O–H groups in total. The third-order valence-electron chi connectivity index (χ3n) is 7.41. The topological polar surface area (TPSA) is 60.8 Å². The number of likely N-dealkylation sites (tertiary alicyclic amines) is 1. The minimum absolute atomic E-state index is 0.00671. The van der Waals surface area contributed by atoms with Gasteiger partial charge in [0, 0.05) is 18.5 Å². The van der Waals surface area contributed by atoms with Gasteiger partial charge >= 0.3 is 5.97 Å². The number of hydrogen-bond donors (Lipinski definition) is 2. The molecule has 0 amide bonds. The normalized spacial score (nSPS) is 39.4. The van der Waals surface area contributed by atoms with E-state index < -0.39 is 11.6 Å². The minimum Gasteiger partial charge on any atom is -0.481 e. The van der Waals surface area contributed by atoms with E-state index in [0.717, 1.165) is 49.6 Å². The average Bonchev–Trinajstić information content (AvgIpc) is 3.03. The average molecular weight is 370 g/mol. The maximum Gasteiger partial charge on any atom is 0.304 e. The molecule has 146 valence electrons. The van der Waals surface area contributed by atoms with E-state index >= 15 is 0 Å². The Hall–Kier alpha value is -1.57. The van der Waals surface area contributed by atoms with E-state index in [4.69, 9.17) is 0 Å². The molecule has 4 nitrogen and oxygen atoms in total. The van der Waals surface area contributed by atoms with Gasteiger partial charge in [0.1, 0.15) is 0 Å². The number of piperidine rings is 1. The molecule has 1 aliphatic heterocycles. The Bertz CT molecular complexity index is 724. The Morgan fingerprint density at radius 2 is 2.15 bits per heavy atom. The van der Waals surface area contributed by atoms with Crippen molar-refractivity contribution >= 4 is 5.97 Å². The zero-order chi connectivity index (χ0) is 19.2. The van der Waals surface area contributed by atoms with Crippen LogP contribution in [0.5, 0.6) is 0 Å². The number of aliphatic carboxylic acids is 1. The van der Waals surface area contributed by atoms with Crippen molar-refractivity contribution in [2.75, 3.05) is 6.54 Å². The van der Waals surface area contributed by atoms with Crippen molar-refractivity contribution < 1.29 is 15.0 Å². The maximum absolute atomic E-state index is 11.7. The van der Waals surface area contributed by atoms with Crippen molar-refractivity contribution in [3.05, 3.63) is 23.8 Å². The van der Waals surface area contributed by atoms with Gasteiger partial charge in [-0.1, -0.05) is 30.9 Å². The first-order valence-electron chi connectivity index (χ1n) is 10.5. The number of nitrogens with zero attached hydrogens (tertiary/aromatic N) is 1. The third kappa shape index (κ3) is 3.37. The molecule has 1 saturated heterocycles. The molecule has 0 aromatic carbocycles. The highest BCUT2D eigenvalue weighted by atomic mass is 16.4. The van der Waals surface area contributed by atoms with Gasteiger partial charge in [-0.2, -0.15) is 0 Å². The summed E-state index contributed by atoms with van der Waals surface area (Å²) in [6.07, 6.45) is 11.4. The number of fused-ring (bicyclic) bond motifs is 1. The van der Waals surface area contributed by atoms with Gasteiger partial charge in [-0.25, -0.2) is 0 Å². The number of carboxylic acid groups (broad SMARTS) is 1. The van der Waals surface area contributed by atoms with Crippen molar-refractivity contribution in [1.82, 2.24) is 4.90 Å². The highest BCUT2D eigenvalue weighted by Crippen LogP contribution is 2.51. The van der Waals surface area contributed by atoms with E-state index in [-0.39, 0.29) is 24.3 Å². The van der Waals surface area contributed by atoms with Crippen LogP contribution in [0.15, 0.2) is 23.8 Å². The molecule has 0 radical (unpaired) electrons. The number of rotatable bonds is 5. The lowest BCUT2D eigenvalue weighted by Gasteiger charge is -2.41. The van der Waals surface area contributed by atoms with Gasteiger partial charge < -0.3 is 10.2 Å². The summed E-state index contributed by atoms with van der Waals surface area (Å²) < 4.78 is 0. The first-order valence-corrected chi connectivity index (χ1v) is 10.5. The van der Waals surface area contributed by atoms with Gasteiger partial charge in [-0.15, -0.1) is 5.92 Å². The molecule has 0 bridgehead atoms. The van der Waals surface area contributed by atoms with Crippen molar-refractivity contribution in [3.8, 4) is 11.8 Å². The second-order valence-electron chi connectivity index (χ2n) is 8.97. The van der Waals surface area contributed by atoms with Crippen molar-refractivity contribution in [2.45, 2.75) is 70.1 Å². The van der Waals surface area contributed by atoms with Crippen LogP contribution in [0.2, 0.25) is 0 Å². The first-order chi connectivity index (χ1) is 12.9. The van der Waals surface area contributed by atoms with E-state index in [1.54, 1.807) is 0 Å². The fraction of sp³-hybridized carbons (Fsp3) is 0.696. The number of aliphatic hydroxyl groups is 1. The summed E-state index contributed by atoms with van der Waals surface area (Å²) in [6.45, 7) is 5.25. The quantitative estimate of drug-likeness (QED) is 0.731. The molecule has 0 aromatic heterocycles. The Morgan fingerprint density at radius 3 is 2.74 bits per heavy atom. The Morgan fingerprint density at radius 1 is 1.41 bits per heavy atom. The van der Waals surface area contributed by atoms with Crippen LogP contribution in [-0.2, 0) is 4.79 Å². The van der Waals surface area contributed by atoms with Crippen LogP contribution in [-0.4, -0.2) is 45.3 Å². The summed E-state index contributed by atoms with van der Waals surface area (Å²) in [5.74, 6) is 7.01. The zero-order valence-corrected chi connectivity index (χ0v) is 16.4. The number of carboxylic acids is 1. The van der Waals surface area contributed by atoms with E-state index in [0.29, 0.717) is 6.04 Å². The molecule has 0 aromatic rings. The van der Waals surface area contributed by atoms with Gasteiger partial charge in [0.2, 0.25) is 0 Å². The van der Waals surface area contributed by atoms with E-state index in [1.165, 1.54) is 6.42 Å².